The summed E-state index contributed by atoms with van der Waals surface area (Å²) in [4.78, 5) is 20.1. The first-order valence-electron chi connectivity index (χ1n) is 8.58. The minimum atomic E-state index is -0.934. The molecule has 1 N–H and O–H groups in total. The first-order valence-corrected chi connectivity index (χ1v) is 10.2. The minimum Gasteiger partial charge on any atom is -0.496 e. The van der Waals surface area contributed by atoms with Crippen molar-refractivity contribution in [2.75, 3.05) is 13.7 Å². The van der Waals surface area contributed by atoms with E-state index in [1.165, 1.54) is 18.4 Å². The SMILES string of the molecule is COc1ccc(Cl)cc1C1C(=O)C2=CC=CCN2C(Cc2cnc(Cl)s2)N1O. The van der Waals surface area contributed by atoms with Gasteiger partial charge in [0.05, 0.1) is 12.8 Å². The van der Waals surface area contributed by atoms with Crippen molar-refractivity contribution in [3.63, 3.8) is 0 Å². The number of ketones is 1. The Kier molecular flexibility index (Phi) is 5.44. The number of benzene rings is 1. The molecule has 1 aromatic heterocycles. The molecule has 146 valence electrons. The van der Waals surface area contributed by atoms with Crippen LogP contribution in [0.5, 0.6) is 5.75 Å². The summed E-state index contributed by atoms with van der Waals surface area (Å²) in [7, 11) is 1.52. The average molecular weight is 438 g/mol. The lowest BCUT2D eigenvalue weighted by atomic mass is 9.93. The molecule has 2 aliphatic heterocycles. The van der Waals surface area contributed by atoms with Gasteiger partial charge in [-0.15, -0.1) is 11.3 Å². The smallest absolute Gasteiger partial charge is 0.203 e. The van der Waals surface area contributed by atoms with E-state index in [0.29, 0.717) is 39.5 Å². The minimum absolute atomic E-state index is 0.217. The van der Waals surface area contributed by atoms with Crippen LogP contribution in [0.4, 0.5) is 0 Å². The van der Waals surface area contributed by atoms with Gasteiger partial charge in [-0.3, -0.25) is 4.79 Å². The number of allylic oxidation sites excluding steroid dienone is 2. The molecule has 1 fully saturated rings. The maximum Gasteiger partial charge on any atom is 0.203 e. The first-order chi connectivity index (χ1) is 13.5. The van der Waals surface area contributed by atoms with Gasteiger partial charge in [0.15, 0.2) is 4.47 Å². The molecule has 0 spiro atoms. The Bertz CT molecular complexity index is 975. The van der Waals surface area contributed by atoms with E-state index in [1.54, 1.807) is 30.5 Å². The largest absolute Gasteiger partial charge is 0.496 e. The van der Waals surface area contributed by atoms with Crippen LogP contribution in [0.3, 0.4) is 0 Å². The highest BCUT2D eigenvalue weighted by atomic mass is 35.5. The Morgan fingerprint density at radius 2 is 2.21 bits per heavy atom. The van der Waals surface area contributed by atoms with Crippen molar-refractivity contribution in [1.29, 1.82) is 0 Å². The van der Waals surface area contributed by atoms with Crippen LogP contribution in [0.2, 0.25) is 9.49 Å². The number of halogens is 2. The highest BCUT2D eigenvalue weighted by Crippen LogP contribution is 2.40. The second-order valence-corrected chi connectivity index (χ2v) is 8.56. The number of thiazole rings is 1. The van der Waals surface area contributed by atoms with E-state index in [9.17, 15) is 10.0 Å². The molecule has 1 aromatic carbocycles. The van der Waals surface area contributed by atoms with Crippen LogP contribution in [-0.4, -0.2) is 45.8 Å². The van der Waals surface area contributed by atoms with Crippen LogP contribution in [0, 0.1) is 0 Å². The van der Waals surface area contributed by atoms with Gasteiger partial charge in [0.2, 0.25) is 5.78 Å². The number of hydroxylamine groups is 2. The van der Waals surface area contributed by atoms with Gasteiger partial charge in [-0.2, -0.15) is 5.06 Å². The van der Waals surface area contributed by atoms with Crippen molar-refractivity contribution >= 4 is 40.3 Å². The van der Waals surface area contributed by atoms with Crippen molar-refractivity contribution in [2.24, 2.45) is 0 Å². The number of hydrogen-bond donors (Lipinski definition) is 1. The summed E-state index contributed by atoms with van der Waals surface area (Å²) in [5.74, 6) is 0.271. The third-order valence-corrected chi connectivity index (χ3v) is 6.20. The van der Waals surface area contributed by atoms with Crippen molar-refractivity contribution < 1.29 is 14.7 Å². The number of nitrogens with zero attached hydrogens (tertiary/aromatic N) is 3. The second-order valence-electron chi connectivity index (χ2n) is 6.43. The predicted molar refractivity (Wildman–Crippen MR) is 108 cm³/mol. The predicted octanol–water partition coefficient (Wildman–Crippen LogP) is 4.10. The van der Waals surface area contributed by atoms with Crippen LogP contribution in [0.25, 0.3) is 0 Å². The fourth-order valence-corrected chi connectivity index (χ4v) is 4.76. The van der Waals surface area contributed by atoms with E-state index < -0.39 is 12.2 Å². The number of fused-ring (bicyclic) bond motifs is 1. The lowest BCUT2D eigenvalue weighted by Crippen LogP contribution is -2.57. The Morgan fingerprint density at radius 3 is 2.93 bits per heavy atom. The maximum absolute atomic E-state index is 13.3. The van der Waals surface area contributed by atoms with Crippen molar-refractivity contribution in [2.45, 2.75) is 18.6 Å². The highest BCUT2D eigenvalue weighted by Gasteiger charge is 2.45. The van der Waals surface area contributed by atoms with Crippen LogP contribution in [0.1, 0.15) is 16.5 Å². The summed E-state index contributed by atoms with van der Waals surface area (Å²) in [5, 5.41) is 12.7. The molecule has 0 amide bonds. The molecular formula is C19H17Cl2N3O3S. The molecule has 2 unspecified atom stereocenters. The standard InChI is InChI=1S/C19H17Cl2N3O3S/c1-27-15-6-5-11(20)8-13(15)17-18(25)14-4-2-3-7-23(14)16(24(17)26)9-12-10-22-19(21)28-12/h2-6,8,10,16-17,26H,7,9H2,1H3. The van der Waals surface area contributed by atoms with Crippen molar-refractivity contribution in [3.8, 4) is 5.75 Å². The zero-order valence-corrected chi connectivity index (χ0v) is 17.2. The Hall–Kier alpha value is -1.90. The number of ether oxygens (including phenoxy) is 1. The molecule has 2 atom stereocenters. The molecule has 1 saturated heterocycles. The quantitative estimate of drug-likeness (QED) is 0.776. The number of carbonyl (C=O) groups excluding carboxylic acids is 1. The van der Waals surface area contributed by atoms with Gasteiger partial charge in [-0.05, 0) is 24.3 Å². The topological polar surface area (TPSA) is 65.9 Å². The van der Waals surface area contributed by atoms with E-state index in [4.69, 9.17) is 27.9 Å². The van der Waals surface area contributed by atoms with Crippen LogP contribution >= 0.6 is 34.5 Å². The number of Topliss-reactive ketones (excluding diaryl/α,β-unsaturated/α-hetero) is 1. The van der Waals surface area contributed by atoms with E-state index >= 15 is 0 Å². The molecule has 6 nitrogen and oxygen atoms in total. The monoisotopic (exact) mass is 437 g/mol. The third kappa shape index (κ3) is 3.44. The van der Waals surface area contributed by atoms with Crippen LogP contribution in [0.15, 0.2) is 48.3 Å². The van der Waals surface area contributed by atoms with Crippen molar-refractivity contribution in [3.05, 3.63) is 68.3 Å². The van der Waals surface area contributed by atoms with Crippen LogP contribution in [-0.2, 0) is 11.2 Å². The summed E-state index contributed by atoms with van der Waals surface area (Å²) < 4.78 is 5.86. The van der Waals surface area contributed by atoms with Gasteiger partial charge in [-0.25, -0.2) is 4.98 Å². The first kappa shape index (κ1) is 19.4. The number of aromatic nitrogens is 1. The summed E-state index contributed by atoms with van der Waals surface area (Å²) in [6.07, 6.45) is 7.24. The summed E-state index contributed by atoms with van der Waals surface area (Å²) in [6.45, 7) is 0.519. The summed E-state index contributed by atoms with van der Waals surface area (Å²) in [6, 6.07) is 4.10. The number of hydrogen-bond acceptors (Lipinski definition) is 7. The van der Waals surface area contributed by atoms with Crippen molar-refractivity contribution in [1.82, 2.24) is 14.9 Å². The van der Waals surface area contributed by atoms with Gasteiger partial charge >= 0.3 is 0 Å². The van der Waals surface area contributed by atoms with E-state index in [1.807, 2.05) is 17.1 Å². The Labute approximate surface area is 176 Å². The van der Waals surface area contributed by atoms with Gasteiger partial charge < -0.3 is 14.8 Å². The van der Waals surface area contributed by atoms with Gasteiger partial charge in [0.25, 0.3) is 0 Å². The van der Waals surface area contributed by atoms with Gasteiger partial charge in [0.1, 0.15) is 18.0 Å². The van der Waals surface area contributed by atoms with Crippen LogP contribution < -0.4 is 4.74 Å². The lowest BCUT2D eigenvalue weighted by Gasteiger charge is -2.47. The average Bonchev–Trinajstić information content (AvgIpc) is 3.10. The highest BCUT2D eigenvalue weighted by molar-refractivity contribution is 7.15. The zero-order valence-electron chi connectivity index (χ0n) is 14.9. The normalized spacial score (nSPS) is 22.2. The molecule has 9 heteroatoms. The molecule has 3 heterocycles. The molecule has 4 rings (SSSR count). The lowest BCUT2D eigenvalue weighted by molar-refractivity contribution is -0.209. The van der Waals surface area contributed by atoms with E-state index in [-0.39, 0.29) is 5.78 Å². The molecule has 28 heavy (non-hydrogen) atoms. The Morgan fingerprint density at radius 1 is 1.39 bits per heavy atom. The molecule has 0 aliphatic carbocycles. The molecule has 0 radical (unpaired) electrons. The molecule has 0 bridgehead atoms. The fourth-order valence-electron chi connectivity index (χ4n) is 3.57. The second kappa shape index (κ2) is 7.85. The molecular weight excluding hydrogens is 421 g/mol. The zero-order chi connectivity index (χ0) is 19.8. The molecule has 2 aliphatic rings. The molecule has 0 saturated carbocycles. The molecule has 2 aromatic rings. The Balaban J connectivity index is 1.78. The fraction of sp³-hybridized carbons (Fsp3) is 0.263. The number of methoxy groups -OCH3 is 1. The van der Waals surface area contributed by atoms with E-state index in [0.717, 1.165) is 9.94 Å². The number of rotatable bonds is 4. The van der Waals surface area contributed by atoms with Gasteiger partial charge in [0, 0.05) is 34.6 Å². The maximum atomic E-state index is 13.3. The number of carbonyl (C=O) groups is 1. The van der Waals surface area contributed by atoms with Gasteiger partial charge in [-0.1, -0.05) is 35.4 Å². The third-order valence-electron chi connectivity index (χ3n) is 4.83. The summed E-state index contributed by atoms with van der Waals surface area (Å²) in [5.41, 5.74) is 1.06. The van der Waals surface area contributed by atoms with E-state index in [2.05, 4.69) is 4.98 Å². The summed E-state index contributed by atoms with van der Waals surface area (Å²) >= 11 is 13.5.